The SMILES string of the molecule is Cc1ccccc1NC(=O)CN1C(=O)C(c2ccccc2)=NC12CCCCCC2. The van der Waals surface area contributed by atoms with Crippen LogP contribution >= 0.6 is 0 Å². The Labute approximate surface area is 171 Å². The lowest BCUT2D eigenvalue weighted by atomic mass is 10.00. The number of para-hydroxylation sites is 1. The zero-order chi connectivity index (χ0) is 20.3. The zero-order valence-electron chi connectivity index (χ0n) is 16.9. The van der Waals surface area contributed by atoms with Crippen molar-refractivity contribution < 1.29 is 9.59 Å². The molecule has 0 atom stereocenters. The van der Waals surface area contributed by atoms with Crippen LogP contribution in [-0.2, 0) is 9.59 Å². The lowest BCUT2D eigenvalue weighted by Gasteiger charge is -2.35. The number of carbonyl (C=O) groups excluding carboxylic acids is 2. The van der Waals surface area contributed by atoms with Crippen LogP contribution in [0.5, 0.6) is 0 Å². The third-order valence-electron chi connectivity index (χ3n) is 5.94. The first kappa shape index (κ1) is 19.4. The third-order valence-corrected chi connectivity index (χ3v) is 5.94. The van der Waals surface area contributed by atoms with Gasteiger partial charge in [0, 0.05) is 11.3 Å². The van der Waals surface area contributed by atoms with Gasteiger partial charge in [-0.3, -0.25) is 14.6 Å². The molecule has 4 rings (SSSR count). The van der Waals surface area contributed by atoms with E-state index in [9.17, 15) is 9.59 Å². The van der Waals surface area contributed by atoms with E-state index >= 15 is 0 Å². The number of benzene rings is 2. The van der Waals surface area contributed by atoms with Crippen LogP contribution in [-0.4, -0.2) is 34.6 Å². The van der Waals surface area contributed by atoms with Crippen LogP contribution in [0.1, 0.15) is 49.7 Å². The first-order valence-corrected chi connectivity index (χ1v) is 10.4. The number of nitrogens with one attached hydrogen (secondary N) is 1. The number of nitrogens with zero attached hydrogens (tertiary/aromatic N) is 2. The van der Waals surface area contributed by atoms with Gasteiger partial charge in [-0.2, -0.15) is 0 Å². The summed E-state index contributed by atoms with van der Waals surface area (Å²) in [6.07, 6.45) is 5.97. The van der Waals surface area contributed by atoms with Crippen molar-refractivity contribution in [2.45, 2.75) is 51.1 Å². The smallest absolute Gasteiger partial charge is 0.275 e. The average Bonchev–Trinajstić information content (AvgIpc) is 2.88. The maximum Gasteiger partial charge on any atom is 0.275 e. The van der Waals surface area contributed by atoms with E-state index in [0.29, 0.717) is 5.71 Å². The summed E-state index contributed by atoms with van der Waals surface area (Å²) >= 11 is 0. The summed E-state index contributed by atoms with van der Waals surface area (Å²) in [6, 6.07) is 17.3. The second kappa shape index (κ2) is 8.19. The Morgan fingerprint density at radius 1 is 1.00 bits per heavy atom. The Balaban J connectivity index is 1.61. The average molecular weight is 389 g/mol. The van der Waals surface area contributed by atoms with Gasteiger partial charge in [0.2, 0.25) is 5.91 Å². The topological polar surface area (TPSA) is 61.8 Å². The molecule has 0 unspecified atom stereocenters. The Morgan fingerprint density at radius 2 is 1.66 bits per heavy atom. The lowest BCUT2D eigenvalue weighted by molar-refractivity contribution is -0.133. The molecule has 1 spiro atoms. The van der Waals surface area contributed by atoms with Gasteiger partial charge in [0.15, 0.2) is 0 Å². The van der Waals surface area contributed by atoms with Gasteiger partial charge >= 0.3 is 0 Å². The van der Waals surface area contributed by atoms with E-state index in [1.54, 1.807) is 4.90 Å². The second-order valence-electron chi connectivity index (χ2n) is 7.98. The molecular formula is C24H27N3O2. The van der Waals surface area contributed by atoms with E-state index in [4.69, 9.17) is 4.99 Å². The van der Waals surface area contributed by atoms with Crippen molar-refractivity contribution in [2.75, 3.05) is 11.9 Å². The van der Waals surface area contributed by atoms with Crippen molar-refractivity contribution in [3.05, 3.63) is 65.7 Å². The molecule has 1 N–H and O–H groups in total. The molecule has 5 nitrogen and oxygen atoms in total. The molecule has 150 valence electrons. The predicted octanol–water partition coefficient (Wildman–Crippen LogP) is 4.32. The van der Waals surface area contributed by atoms with E-state index in [-0.39, 0.29) is 18.4 Å². The lowest BCUT2D eigenvalue weighted by Crippen LogP contribution is -2.50. The molecule has 2 amide bonds. The first-order valence-electron chi connectivity index (χ1n) is 10.4. The summed E-state index contributed by atoms with van der Waals surface area (Å²) in [7, 11) is 0. The molecule has 1 aliphatic carbocycles. The highest BCUT2D eigenvalue weighted by Crippen LogP contribution is 2.38. The molecular weight excluding hydrogens is 362 g/mol. The maximum absolute atomic E-state index is 13.4. The summed E-state index contributed by atoms with van der Waals surface area (Å²) in [6.45, 7) is 1.98. The number of aliphatic imine (C=N–C) groups is 1. The Bertz CT molecular complexity index is 928. The molecule has 1 aliphatic heterocycles. The summed E-state index contributed by atoms with van der Waals surface area (Å²) in [5, 5.41) is 2.97. The number of amides is 2. The summed E-state index contributed by atoms with van der Waals surface area (Å²) < 4.78 is 0. The van der Waals surface area contributed by atoms with Gasteiger partial charge in [-0.05, 0) is 44.2 Å². The minimum Gasteiger partial charge on any atom is -0.324 e. The minimum absolute atomic E-state index is 0.0208. The standard InChI is InChI=1S/C24H27N3O2/c1-18-11-7-8-14-20(18)25-21(28)17-27-23(29)22(19-12-5-4-6-13-19)26-24(27)15-9-2-3-10-16-24/h4-8,11-14H,2-3,9-10,15-17H2,1H3,(H,25,28). The van der Waals surface area contributed by atoms with Crippen molar-refractivity contribution in [1.82, 2.24) is 4.90 Å². The summed E-state index contributed by atoms with van der Waals surface area (Å²) in [5.41, 5.74) is 2.49. The predicted molar refractivity (Wildman–Crippen MR) is 115 cm³/mol. The molecule has 2 aliphatic rings. The molecule has 2 aromatic rings. The number of hydrogen-bond acceptors (Lipinski definition) is 3. The van der Waals surface area contributed by atoms with Gasteiger partial charge < -0.3 is 10.2 Å². The largest absolute Gasteiger partial charge is 0.324 e. The molecule has 0 aromatic heterocycles. The van der Waals surface area contributed by atoms with Crippen molar-refractivity contribution in [3.63, 3.8) is 0 Å². The van der Waals surface area contributed by atoms with Gasteiger partial charge in [-0.25, -0.2) is 0 Å². The van der Waals surface area contributed by atoms with Gasteiger partial charge in [0.05, 0.1) is 0 Å². The Kier molecular flexibility index (Phi) is 5.47. The fraction of sp³-hybridized carbons (Fsp3) is 0.375. The first-order chi connectivity index (χ1) is 14.1. The third kappa shape index (κ3) is 3.95. The van der Waals surface area contributed by atoms with Gasteiger partial charge in [0.25, 0.3) is 5.91 Å². The van der Waals surface area contributed by atoms with Crippen LogP contribution in [0.4, 0.5) is 5.69 Å². The summed E-state index contributed by atoms with van der Waals surface area (Å²) in [5.74, 6) is -0.321. The van der Waals surface area contributed by atoms with Crippen LogP contribution in [0.3, 0.4) is 0 Å². The highest BCUT2D eigenvalue weighted by molar-refractivity contribution is 6.47. The van der Waals surface area contributed by atoms with E-state index in [1.165, 1.54) is 0 Å². The van der Waals surface area contributed by atoms with Crippen LogP contribution in [0.2, 0.25) is 0 Å². The van der Waals surface area contributed by atoms with Crippen molar-refractivity contribution in [1.29, 1.82) is 0 Å². The molecule has 0 radical (unpaired) electrons. The quantitative estimate of drug-likeness (QED) is 0.847. The molecule has 29 heavy (non-hydrogen) atoms. The van der Waals surface area contributed by atoms with Gasteiger partial charge in [-0.1, -0.05) is 61.4 Å². The van der Waals surface area contributed by atoms with Gasteiger partial charge in [0.1, 0.15) is 17.9 Å². The fourth-order valence-electron chi connectivity index (χ4n) is 4.36. The minimum atomic E-state index is -0.595. The van der Waals surface area contributed by atoms with E-state index in [2.05, 4.69) is 5.32 Å². The Hall–Kier alpha value is -2.95. The highest BCUT2D eigenvalue weighted by atomic mass is 16.2. The van der Waals surface area contributed by atoms with Crippen LogP contribution in [0.25, 0.3) is 0 Å². The number of anilines is 1. The summed E-state index contributed by atoms with van der Waals surface area (Å²) in [4.78, 5) is 32.9. The van der Waals surface area contributed by atoms with Crippen molar-refractivity contribution in [3.8, 4) is 0 Å². The molecule has 5 heteroatoms. The molecule has 1 saturated carbocycles. The molecule has 0 bridgehead atoms. The highest BCUT2D eigenvalue weighted by Gasteiger charge is 2.47. The van der Waals surface area contributed by atoms with Crippen LogP contribution in [0, 0.1) is 6.92 Å². The molecule has 1 fully saturated rings. The molecule has 1 heterocycles. The maximum atomic E-state index is 13.4. The molecule has 0 saturated heterocycles. The number of aryl methyl sites for hydroxylation is 1. The van der Waals surface area contributed by atoms with E-state index in [0.717, 1.165) is 55.3 Å². The number of hydrogen-bond donors (Lipinski definition) is 1. The van der Waals surface area contributed by atoms with Crippen molar-refractivity contribution in [2.24, 2.45) is 4.99 Å². The fourth-order valence-corrected chi connectivity index (χ4v) is 4.36. The monoisotopic (exact) mass is 389 g/mol. The second-order valence-corrected chi connectivity index (χ2v) is 7.98. The zero-order valence-corrected chi connectivity index (χ0v) is 16.9. The normalized spacial score (nSPS) is 18.4. The number of carbonyl (C=O) groups is 2. The number of rotatable bonds is 4. The Morgan fingerprint density at radius 3 is 2.34 bits per heavy atom. The molecule has 2 aromatic carbocycles. The van der Waals surface area contributed by atoms with Crippen LogP contribution < -0.4 is 5.32 Å². The van der Waals surface area contributed by atoms with Crippen LogP contribution in [0.15, 0.2) is 59.6 Å². The van der Waals surface area contributed by atoms with E-state index in [1.807, 2.05) is 61.5 Å². The van der Waals surface area contributed by atoms with E-state index < -0.39 is 5.66 Å². The van der Waals surface area contributed by atoms with Gasteiger partial charge in [-0.15, -0.1) is 0 Å². The van der Waals surface area contributed by atoms with Crippen molar-refractivity contribution >= 4 is 23.2 Å².